The van der Waals surface area contributed by atoms with Crippen LogP contribution in [0.4, 0.5) is 0 Å². The third-order valence-electron chi connectivity index (χ3n) is 1.25. The molecule has 0 atom stereocenters. The predicted molar refractivity (Wildman–Crippen MR) is 50.9 cm³/mol. The minimum Gasteiger partial charge on any atom is -0.392 e. The number of carbonyl (C=O) groups excluding carboxylic acids is 1. The van der Waals surface area contributed by atoms with Gasteiger partial charge in [-0.25, -0.2) is 0 Å². The number of nitrogens with zero attached hydrogens (tertiary/aromatic N) is 1. The monoisotopic (exact) mass is 190 g/mol. The summed E-state index contributed by atoms with van der Waals surface area (Å²) in [5.74, 6) is -0.107. The van der Waals surface area contributed by atoms with E-state index in [2.05, 4.69) is 12.2 Å². The highest BCUT2D eigenvalue weighted by atomic mass is 32.1. The molecule has 0 saturated heterocycles. The van der Waals surface area contributed by atoms with Crippen molar-refractivity contribution < 1.29 is 9.53 Å². The molecule has 0 aromatic heterocycles. The van der Waals surface area contributed by atoms with Crippen molar-refractivity contribution in [3.8, 4) is 0 Å². The maximum Gasteiger partial charge on any atom is 0.248 e. The number of thiocarbonyl (C=S) groups is 1. The molecular formula is C7H14N2O2S. The van der Waals surface area contributed by atoms with Gasteiger partial charge in [-0.3, -0.25) is 4.79 Å². The van der Waals surface area contributed by atoms with Crippen molar-refractivity contribution in [3.63, 3.8) is 0 Å². The first-order valence-corrected chi connectivity index (χ1v) is 4.08. The van der Waals surface area contributed by atoms with Gasteiger partial charge in [0.2, 0.25) is 5.91 Å². The summed E-state index contributed by atoms with van der Waals surface area (Å²) >= 11 is 4.65. The lowest BCUT2D eigenvalue weighted by Crippen LogP contribution is -2.36. The van der Waals surface area contributed by atoms with Gasteiger partial charge in [0.05, 0.1) is 11.5 Å². The zero-order chi connectivity index (χ0) is 9.56. The van der Waals surface area contributed by atoms with Crippen LogP contribution in [0.5, 0.6) is 0 Å². The highest BCUT2D eigenvalue weighted by Gasteiger charge is 2.08. The third kappa shape index (κ3) is 5.03. The number of hydrogen-bond donors (Lipinski definition) is 1. The van der Waals surface area contributed by atoms with Gasteiger partial charge in [0.1, 0.15) is 6.61 Å². The summed E-state index contributed by atoms with van der Waals surface area (Å²) in [5.41, 5.74) is 5.26. The fraction of sp³-hybridized carbons (Fsp3) is 0.714. The summed E-state index contributed by atoms with van der Waals surface area (Å²) in [6, 6.07) is 0. The number of rotatable bonds is 5. The first kappa shape index (κ1) is 11.3. The molecule has 0 radical (unpaired) electrons. The second-order valence-corrected chi connectivity index (χ2v) is 2.88. The zero-order valence-electron chi connectivity index (χ0n) is 7.37. The predicted octanol–water partition coefficient (Wildman–Crippen LogP) is -0.233. The van der Waals surface area contributed by atoms with Crippen molar-refractivity contribution in [2.24, 2.45) is 5.73 Å². The summed E-state index contributed by atoms with van der Waals surface area (Å²) in [7, 11) is 1.64. The molecule has 0 fully saturated rings. The van der Waals surface area contributed by atoms with Crippen molar-refractivity contribution in [1.29, 1.82) is 0 Å². The Morgan fingerprint density at radius 1 is 1.67 bits per heavy atom. The standard InChI is InChI=1S/C7H14N2O2S/c1-3-11-5-7(10)9(2)4-6(8)12/h3-5H2,1-2H3,(H2,8,12). The molecule has 0 heterocycles. The lowest BCUT2D eigenvalue weighted by molar-refractivity contribution is -0.133. The maximum atomic E-state index is 11.1. The second kappa shape index (κ2) is 5.91. The Morgan fingerprint density at radius 3 is 2.67 bits per heavy atom. The molecule has 2 N–H and O–H groups in total. The topological polar surface area (TPSA) is 55.6 Å². The van der Waals surface area contributed by atoms with E-state index in [0.29, 0.717) is 18.1 Å². The van der Waals surface area contributed by atoms with Gasteiger partial charge in [-0.1, -0.05) is 12.2 Å². The van der Waals surface area contributed by atoms with Crippen molar-refractivity contribution in [1.82, 2.24) is 4.90 Å². The molecule has 5 heteroatoms. The highest BCUT2D eigenvalue weighted by molar-refractivity contribution is 7.80. The first-order chi connectivity index (χ1) is 5.57. The van der Waals surface area contributed by atoms with Crippen LogP contribution in [0.15, 0.2) is 0 Å². The lowest BCUT2D eigenvalue weighted by Gasteiger charge is -2.15. The van der Waals surface area contributed by atoms with Crippen LogP contribution in [0.25, 0.3) is 0 Å². The van der Waals surface area contributed by atoms with Crippen LogP contribution >= 0.6 is 12.2 Å². The smallest absolute Gasteiger partial charge is 0.248 e. The van der Waals surface area contributed by atoms with E-state index >= 15 is 0 Å². The van der Waals surface area contributed by atoms with E-state index < -0.39 is 0 Å². The summed E-state index contributed by atoms with van der Waals surface area (Å²) in [5, 5.41) is 0. The minimum absolute atomic E-state index is 0.0929. The van der Waals surface area contributed by atoms with Crippen molar-refractivity contribution in [2.75, 3.05) is 26.8 Å². The number of likely N-dealkylation sites (N-methyl/N-ethyl adjacent to an activating group) is 1. The van der Waals surface area contributed by atoms with Crippen LogP contribution in [0.3, 0.4) is 0 Å². The summed E-state index contributed by atoms with van der Waals surface area (Å²) in [4.78, 5) is 12.9. The summed E-state index contributed by atoms with van der Waals surface area (Å²) in [6.07, 6.45) is 0. The normalized spacial score (nSPS) is 9.50. The second-order valence-electron chi connectivity index (χ2n) is 2.35. The molecule has 0 rings (SSSR count). The van der Waals surface area contributed by atoms with E-state index in [1.165, 1.54) is 4.90 Å². The van der Waals surface area contributed by atoms with Crippen LogP contribution in [0.2, 0.25) is 0 Å². The van der Waals surface area contributed by atoms with Crippen LogP contribution in [0, 0.1) is 0 Å². The first-order valence-electron chi connectivity index (χ1n) is 3.68. The molecule has 0 aliphatic heterocycles. The van der Waals surface area contributed by atoms with Crippen LogP contribution < -0.4 is 5.73 Å². The minimum atomic E-state index is -0.107. The van der Waals surface area contributed by atoms with Gasteiger partial charge in [0.15, 0.2) is 0 Å². The van der Waals surface area contributed by atoms with Gasteiger partial charge < -0.3 is 15.4 Å². The lowest BCUT2D eigenvalue weighted by atomic mass is 10.5. The number of ether oxygens (including phenoxy) is 1. The van der Waals surface area contributed by atoms with Crippen molar-refractivity contribution in [3.05, 3.63) is 0 Å². The third-order valence-corrected chi connectivity index (χ3v) is 1.38. The molecule has 4 nitrogen and oxygen atoms in total. The number of carbonyl (C=O) groups is 1. The van der Waals surface area contributed by atoms with Gasteiger partial charge in [-0.05, 0) is 6.92 Å². The van der Waals surface area contributed by atoms with Crippen LogP contribution in [-0.2, 0) is 9.53 Å². The highest BCUT2D eigenvalue weighted by Crippen LogP contribution is 1.86. The van der Waals surface area contributed by atoms with E-state index in [0.717, 1.165) is 0 Å². The van der Waals surface area contributed by atoms with Gasteiger partial charge in [-0.15, -0.1) is 0 Å². The maximum absolute atomic E-state index is 11.1. The largest absolute Gasteiger partial charge is 0.392 e. The van der Waals surface area contributed by atoms with Gasteiger partial charge >= 0.3 is 0 Å². The fourth-order valence-corrected chi connectivity index (χ4v) is 0.815. The average Bonchev–Trinajstić information content (AvgIpc) is 1.98. The van der Waals surface area contributed by atoms with E-state index in [4.69, 9.17) is 10.5 Å². The molecule has 0 saturated carbocycles. The summed E-state index contributed by atoms with van der Waals surface area (Å²) in [6.45, 7) is 2.77. The molecule has 0 bridgehead atoms. The van der Waals surface area contributed by atoms with E-state index in [9.17, 15) is 4.79 Å². The molecule has 0 aromatic carbocycles. The Bertz CT molecular complexity index is 173. The molecule has 1 amide bonds. The Kier molecular flexibility index (Phi) is 5.57. The molecule has 0 aromatic rings. The molecular weight excluding hydrogens is 176 g/mol. The Balaban J connectivity index is 3.69. The van der Waals surface area contributed by atoms with E-state index in [1.54, 1.807) is 7.05 Å². The van der Waals surface area contributed by atoms with Gasteiger partial charge in [0.25, 0.3) is 0 Å². The zero-order valence-corrected chi connectivity index (χ0v) is 8.19. The Hall–Kier alpha value is -0.680. The van der Waals surface area contributed by atoms with E-state index in [1.807, 2.05) is 6.92 Å². The SMILES string of the molecule is CCOCC(=O)N(C)CC(N)=S. The molecule has 0 aliphatic rings. The number of nitrogens with two attached hydrogens (primary N) is 1. The molecule has 0 aliphatic carbocycles. The fourth-order valence-electron chi connectivity index (χ4n) is 0.621. The van der Waals surface area contributed by atoms with Crippen LogP contribution in [-0.4, -0.2) is 42.6 Å². The average molecular weight is 190 g/mol. The van der Waals surface area contributed by atoms with Gasteiger partial charge in [0, 0.05) is 13.7 Å². The quantitative estimate of drug-likeness (QED) is 0.608. The Morgan fingerprint density at radius 2 is 2.25 bits per heavy atom. The molecule has 0 unspecified atom stereocenters. The molecule has 0 spiro atoms. The van der Waals surface area contributed by atoms with E-state index in [-0.39, 0.29) is 12.5 Å². The Labute approximate surface area is 77.7 Å². The number of amides is 1. The molecule has 12 heavy (non-hydrogen) atoms. The van der Waals surface area contributed by atoms with Gasteiger partial charge in [-0.2, -0.15) is 0 Å². The van der Waals surface area contributed by atoms with Crippen molar-refractivity contribution in [2.45, 2.75) is 6.92 Å². The summed E-state index contributed by atoms with van der Waals surface area (Å²) < 4.78 is 4.92. The number of hydrogen-bond acceptors (Lipinski definition) is 3. The molecule has 70 valence electrons. The van der Waals surface area contributed by atoms with Crippen molar-refractivity contribution >= 4 is 23.1 Å². The van der Waals surface area contributed by atoms with Crippen LogP contribution in [0.1, 0.15) is 6.92 Å².